The van der Waals surface area contributed by atoms with Crippen LogP contribution in [0.5, 0.6) is 5.75 Å². The summed E-state index contributed by atoms with van der Waals surface area (Å²) in [6.07, 6.45) is 3.42. The highest BCUT2D eigenvalue weighted by Crippen LogP contribution is 2.40. The number of hydrogen-bond donors (Lipinski definition) is 2. The van der Waals surface area contributed by atoms with Crippen LogP contribution in [-0.4, -0.2) is 17.7 Å². The summed E-state index contributed by atoms with van der Waals surface area (Å²) in [5, 5.41) is 13.3. The monoisotopic (exact) mass is 189 g/mol. The van der Waals surface area contributed by atoms with E-state index >= 15 is 0 Å². The smallest absolute Gasteiger partial charge is 0.119 e. The van der Waals surface area contributed by atoms with Gasteiger partial charge in [0.2, 0.25) is 0 Å². The highest BCUT2D eigenvalue weighted by atomic mass is 16.3. The Balaban J connectivity index is 2.09. The first-order chi connectivity index (χ1) is 6.86. The predicted molar refractivity (Wildman–Crippen MR) is 55.6 cm³/mol. The van der Waals surface area contributed by atoms with Crippen LogP contribution in [0.4, 0.5) is 0 Å². The molecule has 1 heterocycles. The van der Waals surface area contributed by atoms with Gasteiger partial charge in [-0.3, -0.25) is 0 Å². The fourth-order valence-corrected chi connectivity index (χ4v) is 2.95. The van der Waals surface area contributed by atoms with Crippen LogP contribution >= 0.6 is 0 Å². The van der Waals surface area contributed by atoms with Gasteiger partial charge in [-0.2, -0.15) is 0 Å². The minimum atomic E-state index is 0.493. The normalized spacial score (nSPS) is 29.7. The van der Waals surface area contributed by atoms with Crippen molar-refractivity contribution in [2.75, 3.05) is 6.54 Å². The summed E-state index contributed by atoms with van der Waals surface area (Å²) in [5.74, 6) is 1.14. The molecule has 1 fully saturated rings. The SMILES string of the molecule is Oc1cccc2c1CC[C@@H]1NCC[C@H]21. The molecule has 2 aliphatic rings. The molecule has 0 amide bonds. The molecular weight excluding hydrogens is 174 g/mol. The van der Waals surface area contributed by atoms with E-state index in [1.807, 2.05) is 12.1 Å². The third-order valence-electron chi connectivity index (χ3n) is 3.64. The van der Waals surface area contributed by atoms with Gasteiger partial charge in [-0.05, 0) is 43.0 Å². The lowest BCUT2D eigenvalue weighted by Crippen LogP contribution is -2.30. The van der Waals surface area contributed by atoms with Gasteiger partial charge < -0.3 is 10.4 Å². The Morgan fingerprint density at radius 3 is 3.14 bits per heavy atom. The Morgan fingerprint density at radius 1 is 1.29 bits per heavy atom. The highest BCUT2D eigenvalue weighted by molar-refractivity contribution is 5.44. The van der Waals surface area contributed by atoms with E-state index in [-0.39, 0.29) is 0 Å². The Kier molecular flexibility index (Phi) is 1.77. The van der Waals surface area contributed by atoms with Crippen LogP contribution in [0.15, 0.2) is 18.2 Å². The van der Waals surface area contributed by atoms with Gasteiger partial charge in [-0.25, -0.2) is 0 Å². The van der Waals surface area contributed by atoms with Gasteiger partial charge in [-0.15, -0.1) is 0 Å². The molecule has 0 bridgehead atoms. The van der Waals surface area contributed by atoms with E-state index in [0.717, 1.165) is 13.0 Å². The molecule has 3 rings (SSSR count). The standard InChI is InChI=1S/C12H15NO/c14-12-3-1-2-8-9-6-7-13-11(9)5-4-10(8)12/h1-3,9,11,13-14H,4-7H2/t9-,11+/m1/s1. The van der Waals surface area contributed by atoms with Gasteiger partial charge in [-0.1, -0.05) is 12.1 Å². The molecule has 2 heteroatoms. The fraction of sp³-hybridized carbons (Fsp3) is 0.500. The molecule has 0 aromatic heterocycles. The molecule has 0 saturated carbocycles. The zero-order valence-electron chi connectivity index (χ0n) is 8.16. The molecule has 1 aliphatic carbocycles. The second-order valence-corrected chi connectivity index (χ2v) is 4.34. The van der Waals surface area contributed by atoms with Crippen molar-refractivity contribution in [3.8, 4) is 5.75 Å². The number of benzene rings is 1. The zero-order valence-corrected chi connectivity index (χ0v) is 8.16. The Bertz CT molecular complexity index is 361. The topological polar surface area (TPSA) is 32.3 Å². The molecular formula is C12H15NO. The third-order valence-corrected chi connectivity index (χ3v) is 3.64. The maximum absolute atomic E-state index is 9.76. The van der Waals surface area contributed by atoms with E-state index in [9.17, 15) is 5.11 Å². The predicted octanol–water partition coefficient (Wildman–Crippen LogP) is 1.78. The van der Waals surface area contributed by atoms with Gasteiger partial charge in [0, 0.05) is 12.0 Å². The average Bonchev–Trinajstić information content (AvgIpc) is 2.66. The molecule has 1 saturated heterocycles. The first-order valence-electron chi connectivity index (χ1n) is 5.40. The van der Waals surface area contributed by atoms with Crippen LogP contribution < -0.4 is 5.32 Å². The fourth-order valence-electron chi connectivity index (χ4n) is 2.95. The average molecular weight is 189 g/mol. The van der Waals surface area contributed by atoms with Crippen molar-refractivity contribution >= 4 is 0 Å². The van der Waals surface area contributed by atoms with Crippen molar-refractivity contribution in [1.29, 1.82) is 0 Å². The molecule has 14 heavy (non-hydrogen) atoms. The molecule has 2 N–H and O–H groups in total. The number of aromatic hydroxyl groups is 1. The quantitative estimate of drug-likeness (QED) is 0.652. The first-order valence-corrected chi connectivity index (χ1v) is 5.40. The van der Waals surface area contributed by atoms with E-state index in [0.29, 0.717) is 17.7 Å². The zero-order chi connectivity index (χ0) is 9.54. The summed E-state index contributed by atoms with van der Waals surface area (Å²) in [5.41, 5.74) is 2.57. The van der Waals surface area contributed by atoms with Crippen molar-refractivity contribution in [3.63, 3.8) is 0 Å². The Labute approximate surface area is 84.0 Å². The molecule has 1 aliphatic heterocycles. The Hall–Kier alpha value is -1.02. The summed E-state index contributed by atoms with van der Waals surface area (Å²) in [4.78, 5) is 0. The first kappa shape index (κ1) is 8.30. The van der Waals surface area contributed by atoms with Crippen molar-refractivity contribution in [3.05, 3.63) is 29.3 Å². The van der Waals surface area contributed by atoms with Crippen LogP contribution in [0.2, 0.25) is 0 Å². The summed E-state index contributed by atoms with van der Waals surface area (Å²) in [7, 11) is 0. The summed E-state index contributed by atoms with van der Waals surface area (Å²) < 4.78 is 0. The molecule has 1 aromatic carbocycles. The lowest BCUT2D eigenvalue weighted by atomic mass is 9.79. The van der Waals surface area contributed by atoms with E-state index in [1.165, 1.54) is 24.0 Å². The molecule has 74 valence electrons. The van der Waals surface area contributed by atoms with Crippen LogP contribution in [0.3, 0.4) is 0 Å². The lowest BCUT2D eigenvalue weighted by Gasteiger charge is -2.28. The maximum Gasteiger partial charge on any atom is 0.119 e. The highest BCUT2D eigenvalue weighted by Gasteiger charge is 2.33. The van der Waals surface area contributed by atoms with E-state index in [4.69, 9.17) is 0 Å². The van der Waals surface area contributed by atoms with Gasteiger partial charge >= 0.3 is 0 Å². The number of fused-ring (bicyclic) bond motifs is 3. The minimum Gasteiger partial charge on any atom is -0.508 e. The van der Waals surface area contributed by atoms with Crippen LogP contribution in [0.25, 0.3) is 0 Å². The van der Waals surface area contributed by atoms with Crippen molar-refractivity contribution in [2.24, 2.45) is 0 Å². The van der Waals surface area contributed by atoms with Gasteiger partial charge in [0.15, 0.2) is 0 Å². The molecule has 2 nitrogen and oxygen atoms in total. The van der Waals surface area contributed by atoms with Crippen LogP contribution in [0, 0.1) is 0 Å². The molecule has 2 atom stereocenters. The summed E-state index contributed by atoms with van der Waals surface area (Å²) >= 11 is 0. The molecule has 0 radical (unpaired) electrons. The van der Waals surface area contributed by atoms with Crippen molar-refractivity contribution in [1.82, 2.24) is 5.32 Å². The summed E-state index contributed by atoms with van der Waals surface area (Å²) in [6, 6.07) is 6.61. The van der Waals surface area contributed by atoms with Crippen molar-refractivity contribution in [2.45, 2.75) is 31.2 Å². The molecule has 0 spiro atoms. The minimum absolute atomic E-state index is 0.493. The largest absolute Gasteiger partial charge is 0.508 e. The van der Waals surface area contributed by atoms with Crippen LogP contribution in [0.1, 0.15) is 29.9 Å². The van der Waals surface area contributed by atoms with Gasteiger partial charge in [0.25, 0.3) is 0 Å². The number of hydrogen-bond acceptors (Lipinski definition) is 2. The third kappa shape index (κ3) is 1.07. The number of nitrogens with one attached hydrogen (secondary N) is 1. The number of phenolic OH excluding ortho intramolecular Hbond substituents is 1. The maximum atomic E-state index is 9.76. The van der Waals surface area contributed by atoms with Crippen molar-refractivity contribution < 1.29 is 5.11 Å². The second-order valence-electron chi connectivity index (χ2n) is 4.34. The second kappa shape index (κ2) is 2.99. The van der Waals surface area contributed by atoms with E-state index in [1.54, 1.807) is 0 Å². The van der Waals surface area contributed by atoms with E-state index in [2.05, 4.69) is 11.4 Å². The Morgan fingerprint density at radius 2 is 2.21 bits per heavy atom. The van der Waals surface area contributed by atoms with E-state index < -0.39 is 0 Å². The lowest BCUT2D eigenvalue weighted by molar-refractivity contribution is 0.438. The summed E-state index contributed by atoms with van der Waals surface area (Å²) in [6.45, 7) is 1.13. The van der Waals surface area contributed by atoms with Gasteiger partial charge in [0.05, 0.1) is 0 Å². The van der Waals surface area contributed by atoms with Gasteiger partial charge in [0.1, 0.15) is 5.75 Å². The van der Waals surface area contributed by atoms with Crippen LogP contribution in [-0.2, 0) is 6.42 Å². The number of rotatable bonds is 0. The number of phenols is 1. The molecule has 1 aromatic rings. The molecule has 0 unspecified atom stereocenters.